The number of carbonyl (C=O) groups is 1. The molecule has 1 spiro atoms. The van der Waals surface area contributed by atoms with E-state index in [1.165, 1.54) is 51.4 Å². The Morgan fingerprint density at radius 3 is 2.48 bits per heavy atom. The molecule has 0 aromatic rings. The van der Waals surface area contributed by atoms with Crippen molar-refractivity contribution in [1.82, 2.24) is 0 Å². The fourth-order valence-electron chi connectivity index (χ4n) is 7.80. The largest absolute Gasteiger partial charge is 0.299 e. The van der Waals surface area contributed by atoms with E-state index in [0.29, 0.717) is 34.4 Å². The maximum absolute atomic E-state index is 13.1. The van der Waals surface area contributed by atoms with E-state index >= 15 is 0 Å². The molecule has 4 saturated carbocycles. The van der Waals surface area contributed by atoms with E-state index in [9.17, 15) is 4.79 Å². The monoisotopic (exact) mass is 288 g/mol. The van der Waals surface area contributed by atoms with E-state index < -0.39 is 0 Å². The normalized spacial score (nSPS) is 55.0. The summed E-state index contributed by atoms with van der Waals surface area (Å²) in [5.41, 5.74) is 1.02. The Balaban J connectivity index is 1.77. The second-order valence-electron chi connectivity index (χ2n) is 9.84. The van der Waals surface area contributed by atoms with Crippen LogP contribution in [0.5, 0.6) is 0 Å². The van der Waals surface area contributed by atoms with E-state index in [1.54, 1.807) is 0 Å². The highest BCUT2D eigenvalue weighted by atomic mass is 16.1. The quantitative estimate of drug-likeness (QED) is 0.596. The van der Waals surface area contributed by atoms with Crippen molar-refractivity contribution in [2.75, 3.05) is 0 Å². The van der Waals surface area contributed by atoms with E-state index in [4.69, 9.17) is 0 Å². The molecule has 4 aliphatic rings. The summed E-state index contributed by atoms with van der Waals surface area (Å²) in [7, 11) is 0. The zero-order valence-electron chi connectivity index (χ0n) is 14.4. The number of fused-ring (bicyclic) bond motifs is 3. The van der Waals surface area contributed by atoms with Crippen LogP contribution in [0.1, 0.15) is 79.1 Å². The van der Waals surface area contributed by atoms with Crippen LogP contribution in [0, 0.1) is 39.9 Å². The average Bonchev–Trinajstić information content (AvgIpc) is 2.59. The minimum Gasteiger partial charge on any atom is -0.299 e. The minimum absolute atomic E-state index is 0.0982. The van der Waals surface area contributed by atoms with Gasteiger partial charge in [0.2, 0.25) is 0 Å². The van der Waals surface area contributed by atoms with Crippen molar-refractivity contribution in [3.8, 4) is 0 Å². The van der Waals surface area contributed by atoms with E-state index in [-0.39, 0.29) is 5.41 Å². The molecule has 0 amide bonds. The van der Waals surface area contributed by atoms with Gasteiger partial charge in [-0.1, -0.05) is 34.1 Å². The van der Waals surface area contributed by atoms with Crippen molar-refractivity contribution in [1.29, 1.82) is 0 Å². The van der Waals surface area contributed by atoms with Gasteiger partial charge in [0.15, 0.2) is 0 Å². The van der Waals surface area contributed by atoms with Crippen LogP contribution in [-0.2, 0) is 4.79 Å². The maximum atomic E-state index is 13.1. The lowest BCUT2D eigenvalue weighted by atomic mass is 9.41. The van der Waals surface area contributed by atoms with Gasteiger partial charge in [0.1, 0.15) is 5.78 Å². The van der Waals surface area contributed by atoms with Crippen LogP contribution in [0.4, 0.5) is 0 Å². The third-order valence-electron chi connectivity index (χ3n) is 8.68. The van der Waals surface area contributed by atoms with Crippen molar-refractivity contribution >= 4 is 5.78 Å². The third-order valence-corrected chi connectivity index (χ3v) is 8.68. The molecule has 0 N–H and O–H groups in total. The fourth-order valence-corrected chi connectivity index (χ4v) is 7.80. The summed E-state index contributed by atoms with van der Waals surface area (Å²) in [6.45, 7) is 9.79. The van der Waals surface area contributed by atoms with Gasteiger partial charge in [-0.25, -0.2) is 0 Å². The first kappa shape index (κ1) is 14.3. The topological polar surface area (TPSA) is 17.1 Å². The molecule has 1 heteroatoms. The molecule has 21 heavy (non-hydrogen) atoms. The van der Waals surface area contributed by atoms with E-state index in [0.717, 1.165) is 5.92 Å². The Bertz CT molecular complexity index is 478. The summed E-state index contributed by atoms with van der Waals surface area (Å²) >= 11 is 0. The SMILES string of the molecule is C[C@H]1C(=O)[C@@]23CC[C@@H]4C(C)(C)CCC[C@@]4(C)[C@@H]2CC[C@@H]1C3. The molecule has 4 rings (SSSR count). The zero-order chi connectivity index (χ0) is 15.0. The number of rotatable bonds is 0. The highest BCUT2D eigenvalue weighted by Crippen LogP contribution is 2.71. The fraction of sp³-hybridized carbons (Fsp3) is 0.950. The molecule has 0 unspecified atom stereocenters. The summed E-state index contributed by atoms with van der Waals surface area (Å²) in [4.78, 5) is 13.1. The highest BCUT2D eigenvalue weighted by Gasteiger charge is 2.66. The van der Waals surface area contributed by atoms with Crippen molar-refractivity contribution in [3.63, 3.8) is 0 Å². The smallest absolute Gasteiger partial charge is 0.142 e. The molecule has 2 bridgehead atoms. The number of ketones is 1. The Morgan fingerprint density at radius 2 is 1.71 bits per heavy atom. The Morgan fingerprint density at radius 1 is 0.952 bits per heavy atom. The van der Waals surface area contributed by atoms with Gasteiger partial charge in [0.25, 0.3) is 0 Å². The van der Waals surface area contributed by atoms with Crippen molar-refractivity contribution in [2.45, 2.75) is 79.1 Å². The minimum atomic E-state index is 0.0982. The molecule has 0 aliphatic heterocycles. The predicted molar refractivity (Wildman–Crippen MR) is 85.9 cm³/mol. The molecule has 4 aliphatic carbocycles. The lowest BCUT2D eigenvalue weighted by Crippen LogP contribution is -2.57. The molecule has 0 heterocycles. The van der Waals surface area contributed by atoms with Gasteiger partial charge in [0, 0.05) is 11.3 Å². The average molecular weight is 288 g/mol. The molecule has 0 saturated heterocycles. The van der Waals surface area contributed by atoms with Gasteiger partial charge in [-0.05, 0) is 73.5 Å². The summed E-state index contributed by atoms with van der Waals surface area (Å²) < 4.78 is 0. The van der Waals surface area contributed by atoms with E-state index in [2.05, 4.69) is 27.7 Å². The maximum Gasteiger partial charge on any atom is 0.142 e. The second kappa shape index (κ2) is 4.15. The summed E-state index contributed by atoms with van der Waals surface area (Å²) in [6.07, 6.45) is 10.6. The summed E-state index contributed by atoms with van der Waals surface area (Å²) in [6, 6.07) is 0. The van der Waals surface area contributed by atoms with Gasteiger partial charge in [-0.2, -0.15) is 0 Å². The molecule has 1 nitrogen and oxygen atoms in total. The lowest BCUT2D eigenvalue weighted by Gasteiger charge is -2.63. The molecule has 6 atom stereocenters. The van der Waals surface area contributed by atoms with Crippen LogP contribution in [0.15, 0.2) is 0 Å². The van der Waals surface area contributed by atoms with Crippen molar-refractivity contribution in [2.24, 2.45) is 39.9 Å². The highest BCUT2D eigenvalue weighted by molar-refractivity contribution is 5.90. The number of Topliss-reactive ketones (excluding diaryl/α,β-unsaturated/α-hetero) is 1. The Labute approximate surface area is 130 Å². The third kappa shape index (κ3) is 1.61. The standard InChI is InChI=1S/C20H32O/c1-13-14-6-7-16-19(4)10-5-9-18(2,3)15(19)8-11-20(16,12-14)17(13)21/h13-16H,5-12H2,1-4H3/t13-,14-,15-,16+,19-,20-/m1/s1. The van der Waals surface area contributed by atoms with Gasteiger partial charge >= 0.3 is 0 Å². The molecule has 0 radical (unpaired) electrons. The zero-order valence-corrected chi connectivity index (χ0v) is 14.4. The molecule has 118 valence electrons. The van der Waals surface area contributed by atoms with Crippen LogP contribution in [-0.4, -0.2) is 5.78 Å². The molecule has 0 aromatic carbocycles. The van der Waals surface area contributed by atoms with Gasteiger partial charge < -0.3 is 0 Å². The first-order valence-electron chi connectivity index (χ1n) is 9.36. The van der Waals surface area contributed by atoms with Crippen LogP contribution in [0.3, 0.4) is 0 Å². The van der Waals surface area contributed by atoms with Crippen LogP contribution in [0.25, 0.3) is 0 Å². The lowest BCUT2D eigenvalue weighted by molar-refractivity contribution is -0.161. The molecular weight excluding hydrogens is 256 g/mol. The Kier molecular flexibility index (Phi) is 2.82. The number of hydrogen-bond acceptors (Lipinski definition) is 1. The second-order valence-corrected chi connectivity index (χ2v) is 9.84. The van der Waals surface area contributed by atoms with Crippen LogP contribution >= 0.6 is 0 Å². The van der Waals surface area contributed by atoms with Gasteiger partial charge in [0.05, 0.1) is 0 Å². The van der Waals surface area contributed by atoms with Crippen LogP contribution < -0.4 is 0 Å². The first-order chi connectivity index (χ1) is 9.81. The summed E-state index contributed by atoms with van der Waals surface area (Å²) in [5.74, 6) is 3.27. The van der Waals surface area contributed by atoms with Gasteiger partial charge in [-0.3, -0.25) is 4.79 Å². The van der Waals surface area contributed by atoms with E-state index in [1.807, 2.05) is 0 Å². The summed E-state index contributed by atoms with van der Waals surface area (Å²) in [5, 5.41) is 0. The van der Waals surface area contributed by atoms with Crippen LogP contribution in [0.2, 0.25) is 0 Å². The van der Waals surface area contributed by atoms with Gasteiger partial charge in [-0.15, -0.1) is 0 Å². The number of hydrogen-bond donors (Lipinski definition) is 0. The predicted octanol–water partition coefficient (Wildman–Crippen LogP) is 5.23. The number of carbonyl (C=O) groups excluding carboxylic acids is 1. The molecule has 0 aromatic heterocycles. The van der Waals surface area contributed by atoms with Crippen molar-refractivity contribution < 1.29 is 4.79 Å². The first-order valence-corrected chi connectivity index (χ1v) is 9.36. The Hall–Kier alpha value is -0.330. The molecule has 4 fully saturated rings. The van der Waals surface area contributed by atoms with Crippen molar-refractivity contribution in [3.05, 3.63) is 0 Å². The molecular formula is C20H32O.